The van der Waals surface area contributed by atoms with E-state index in [0.717, 1.165) is 21.3 Å². The average molecular weight is 399 g/mol. The van der Waals surface area contributed by atoms with Gasteiger partial charge in [0.15, 0.2) is 5.17 Å². The fourth-order valence-corrected chi connectivity index (χ4v) is 3.33. The number of benzene rings is 2. The predicted molar refractivity (Wildman–Crippen MR) is 105 cm³/mol. The molecule has 0 saturated carbocycles. The highest BCUT2D eigenvalue weighted by molar-refractivity contribution is 9.10. The van der Waals surface area contributed by atoms with Gasteiger partial charge >= 0.3 is 0 Å². The first-order chi connectivity index (χ1) is 11.6. The minimum atomic E-state index is -0.114. The minimum absolute atomic E-state index is 0.114. The van der Waals surface area contributed by atoms with Gasteiger partial charge in [-0.05, 0) is 60.2 Å². The van der Waals surface area contributed by atoms with Crippen LogP contribution in [0.15, 0.2) is 80.6 Å². The summed E-state index contributed by atoms with van der Waals surface area (Å²) >= 11 is 4.75. The molecule has 1 fully saturated rings. The number of carbonyl (C=O) groups is 1. The van der Waals surface area contributed by atoms with Crippen LogP contribution in [-0.2, 0) is 4.79 Å². The van der Waals surface area contributed by atoms with Gasteiger partial charge < -0.3 is 5.32 Å². The molecule has 120 valence electrons. The molecule has 24 heavy (non-hydrogen) atoms. The van der Waals surface area contributed by atoms with Gasteiger partial charge in [-0.2, -0.15) is 0 Å². The van der Waals surface area contributed by atoms with E-state index in [2.05, 4.69) is 26.2 Å². The van der Waals surface area contributed by atoms with Gasteiger partial charge in [-0.25, -0.2) is 4.99 Å². The lowest BCUT2D eigenvalue weighted by Crippen LogP contribution is -2.19. The highest BCUT2D eigenvalue weighted by Gasteiger charge is 2.23. The van der Waals surface area contributed by atoms with Crippen LogP contribution in [0.5, 0.6) is 0 Å². The first-order valence-corrected chi connectivity index (χ1v) is 8.99. The zero-order valence-electron chi connectivity index (χ0n) is 13.0. The molecule has 1 aliphatic rings. The highest BCUT2D eigenvalue weighted by Crippen LogP contribution is 2.28. The molecule has 0 aromatic heterocycles. The molecule has 0 aliphatic carbocycles. The number of aliphatic imine (C=N–C) groups is 1. The van der Waals surface area contributed by atoms with Crippen LogP contribution in [0, 0.1) is 0 Å². The largest absolute Gasteiger partial charge is 0.300 e. The number of rotatable bonds is 3. The molecule has 1 amide bonds. The Morgan fingerprint density at radius 1 is 1.12 bits per heavy atom. The maximum atomic E-state index is 12.1. The third-order valence-electron chi connectivity index (χ3n) is 3.26. The second kappa shape index (κ2) is 7.64. The van der Waals surface area contributed by atoms with Gasteiger partial charge in [0, 0.05) is 4.47 Å². The summed E-state index contributed by atoms with van der Waals surface area (Å²) in [5.41, 5.74) is 2.93. The van der Waals surface area contributed by atoms with Gasteiger partial charge in [0.1, 0.15) is 0 Å². The van der Waals surface area contributed by atoms with Gasteiger partial charge in [0.05, 0.1) is 10.6 Å². The van der Waals surface area contributed by atoms with Crippen molar-refractivity contribution in [3.63, 3.8) is 0 Å². The Kier molecular flexibility index (Phi) is 5.33. The molecule has 1 heterocycles. The van der Waals surface area contributed by atoms with Crippen LogP contribution in [0.1, 0.15) is 12.5 Å². The number of halogens is 1. The van der Waals surface area contributed by atoms with E-state index in [9.17, 15) is 4.79 Å². The lowest BCUT2D eigenvalue weighted by atomic mass is 10.1. The number of carbonyl (C=O) groups excluding carboxylic acids is 1. The van der Waals surface area contributed by atoms with Crippen LogP contribution in [0.25, 0.3) is 6.08 Å². The Balaban J connectivity index is 1.77. The SMILES string of the molecule is CC(=C\c1ccccc1)/C=C1/SC(=Nc2ccc(Br)cc2)NC1=O. The third kappa shape index (κ3) is 4.46. The fraction of sp³-hybridized carbons (Fsp3) is 0.0526. The Morgan fingerprint density at radius 3 is 2.54 bits per heavy atom. The van der Waals surface area contributed by atoms with Crippen molar-refractivity contribution < 1.29 is 4.79 Å². The molecule has 1 aliphatic heterocycles. The molecule has 0 radical (unpaired) electrons. The summed E-state index contributed by atoms with van der Waals surface area (Å²) in [6.07, 6.45) is 3.93. The third-order valence-corrected chi connectivity index (χ3v) is 4.70. The zero-order valence-corrected chi connectivity index (χ0v) is 15.4. The van der Waals surface area contributed by atoms with Crippen LogP contribution in [0.4, 0.5) is 5.69 Å². The van der Waals surface area contributed by atoms with E-state index in [1.54, 1.807) is 0 Å². The summed E-state index contributed by atoms with van der Waals surface area (Å²) in [4.78, 5) is 17.2. The van der Waals surface area contributed by atoms with Crippen LogP contribution >= 0.6 is 27.7 Å². The smallest absolute Gasteiger partial charge is 0.264 e. The normalized spacial score (nSPS) is 18.2. The summed E-state index contributed by atoms with van der Waals surface area (Å²) in [5, 5.41) is 3.40. The Bertz CT molecular complexity index is 839. The zero-order chi connectivity index (χ0) is 16.9. The van der Waals surface area contributed by atoms with E-state index >= 15 is 0 Å². The summed E-state index contributed by atoms with van der Waals surface area (Å²) < 4.78 is 0.997. The van der Waals surface area contributed by atoms with Crippen LogP contribution in [0.3, 0.4) is 0 Å². The van der Waals surface area contributed by atoms with Crippen molar-refractivity contribution >= 4 is 50.5 Å². The molecule has 2 aromatic carbocycles. The molecule has 1 N–H and O–H groups in total. The summed E-state index contributed by atoms with van der Waals surface area (Å²) in [6.45, 7) is 1.98. The molecule has 5 heteroatoms. The molecular weight excluding hydrogens is 384 g/mol. The minimum Gasteiger partial charge on any atom is -0.300 e. The quantitative estimate of drug-likeness (QED) is 0.713. The second-order valence-electron chi connectivity index (χ2n) is 5.26. The van der Waals surface area contributed by atoms with Crippen LogP contribution in [-0.4, -0.2) is 11.1 Å². The number of nitrogens with zero attached hydrogens (tertiary/aromatic N) is 1. The fourth-order valence-electron chi connectivity index (χ4n) is 2.17. The van der Waals surface area contributed by atoms with Crippen molar-refractivity contribution in [3.8, 4) is 0 Å². The first kappa shape index (κ1) is 16.7. The van der Waals surface area contributed by atoms with Crippen molar-refractivity contribution in [2.24, 2.45) is 4.99 Å². The second-order valence-corrected chi connectivity index (χ2v) is 7.20. The van der Waals surface area contributed by atoms with Gasteiger partial charge in [-0.1, -0.05) is 52.3 Å². The lowest BCUT2D eigenvalue weighted by molar-refractivity contribution is -0.115. The van der Waals surface area contributed by atoms with Crippen LogP contribution < -0.4 is 5.32 Å². The van der Waals surface area contributed by atoms with Crippen molar-refractivity contribution in [3.05, 3.63) is 81.2 Å². The molecule has 0 unspecified atom stereocenters. The summed E-state index contributed by atoms with van der Waals surface area (Å²) in [6, 6.07) is 17.7. The van der Waals surface area contributed by atoms with Crippen molar-refractivity contribution in [1.82, 2.24) is 5.32 Å². The van der Waals surface area contributed by atoms with Crippen molar-refractivity contribution in [2.75, 3.05) is 0 Å². The molecule has 2 aromatic rings. The molecular formula is C19H15BrN2OS. The molecule has 1 saturated heterocycles. The summed E-state index contributed by atoms with van der Waals surface area (Å²) in [5.74, 6) is -0.114. The van der Waals surface area contributed by atoms with E-state index in [-0.39, 0.29) is 5.91 Å². The number of amides is 1. The van der Waals surface area contributed by atoms with Crippen LogP contribution in [0.2, 0.25) is 0 Å². The molecule has 0 atom stereocenters. The molecule has 0 bridgehead atoms. The van der Waals surface area contributed by atoms with E-state index < -0.39 is 0 Å². The number of thioether (sulfide) groups is 1. The van der Waals surface area contributed by atoms with Gasteiger partial charge in [-0.3, -0.25) is 4.79 Å². The topological polar surface area (TPSA) is 41.5 Å². The molecule has 3 rings (SSSR count). The van der Waals surface area contributed by atoms with E-state index in [0.29, 0.717) is 10.1 Å². The Labute approximate surface area is 153 Å². The van der Waals surface area contributed by atoms with E-state index in [1.165, 1.54) is 11.8 Å². The van der Waals surface area contributed by atoms with Crippen molar-refractivity contribution in [2.45, 2.75) is 6.92 Å². The van der Waals surface area contributed by atoms with Gasteiger partial charge in [-0.15, -0.1) is 0 Å². The highest BCUT2D eigenvalue weighted by atomic mass is 79.9. The number of allylic oxidation sites excluding steroid dienone is 2. The maximum Gasteiger partial charge on any atom is 0.264 e. The van der Waals surface area contributed by atoms with Crippen molar-refractivity contribution in [1.29, 1.82) is 0 Å². The van der Waals surface area contributed by atoms with E-state index in [4.69, 9.17) is 0 Å². The Hall–Kier alpha value is -2.11. The number of hydrogen-bond donors (Lipinski definition) is 1. The van der Waals surface area contributed by atoms with E-state index in [1.807, 2.05) is 73.7 Å². The number of hydrogen-bond acceptors (Lipinski definition) is 3. The average Bonchev–Trinajstić information content (AvgIpc) is 2.90. The molecule has 3 nitrogen and oxygen atoms in total. The maximum absolute atomic E-state index is 12.1. The monoisotopic (exact) mass is 398 g/mol. The summed E-state index contributed by atoms with van der Waals surface area (Å²) in [7, 11) is 0. The lowest BCUT2D eigenvalue weighted by Gasteiger charge is -1.97. The Morgan fingerprint density at radius 2 is 1.83 bits per heavy atom. The molecule has 0 spiro atoms. The van der Waals surface area contributed by atoms with Gasteiger partial charge in [0.25, 0.3) is 5.91 Å². The van der Waals surface area contributed by atoms with Gasteiger partial charge in [0.2, 0.25) is 0 Å². The standard InChI is InChI=1S/C19H15BrN2OS/c1-13(11-14-5-3-2-4-6-14)12-17-18(23)22-19(24-17)21-16-9-7-15(20)8-10-16/h2-12H,1H3,(H,21,22,23)/b13-11+,17-12+. The number of amidine groups is 1. The number of nitrogens with one attached hydrogen (secondary N) is 1. The predicted octanol–water partition coefficient (Wildman–Crippen LogP) is 5.29. The first-order valence-electron chi connectivity index (χ1n) is 7.39.